The normalized spacial score (nSPS) is 23.4. The molecule has 1 fully saturated rings. The molecule has 20 heavy (non-hydrogen) atoms. The Balaban J connectivity index is 2.56. The molecule has 1 aliphatic heterocycles. The van der Waals surface area contributed by atoms with E-state index in [0.717, 1.165) is 32.4 Å². The molecule has 1 aliphatic rings. The summed E-state index contributed by atoms with van der Waals surface area (Å²) in [5.41, 5.74) is 0. The molecule has 1 N–H and O–H groups in total. The van der Waals surface area contributed by atoms with E-state index in [9.17, 15) is 4.79 Å². The van der Waals surface area contributed by atoms with Crippen molar-refractivity contribution < 1.29 is 4.79 Å². The minimum atomic E-state index is 0.0538. The van der Waals surface area contributed by atoms with Crippen molar-refractivity contribution in [3.8, 4) is 0 Å². The van der Waals surface area contributed by atoms with Crippen molar-refractivity contribution in [2.24, 2.45) is 11.8 Å². The van der Waals surface area contributed by atoms with Gasteiger partial charge in [0, 0.05) is 19.1 Å². The first-order valence-electron chi connectivity index (χ1n) is 8.45. The van der Waals surface area contributed by atoms with Crippen molar-refractivity contribution in [2.45, 2.75) is 78.8 Å². The molecule has 0 aromatic rings. The summed E-state index contributed by atoms with van der Waals surface area (Å²) < 4.78 is 0. The highest BCUT2D eigenvalue weighted by Crippen LogP contribution is 2.16. The van der Waals surface area contributed by atoms with Gasteiger partial charge in [0.25, 0.3) is 0 Å². The average molecular weight is 282 g/mol. The number of rotatable bonds is 7. The molecule has 0 aliphatic carbocycles. The number of nitrogens with zero attached hydrogens (tertiary/aromatic N) is 1. The Labute approximate surface area is 125 Å². The molecule has 0 radical (unpaired) electrons. The zero-order valence-corrected chi connectivity index (χ0v) is 14.1. The fourth-order valence-electron chi connectivity index (χ4n) is 2.71. The first-order chi connectivity index (χ1) is 9.40. The van der Waals surface area contributed by atoms with Crippen LogP contribution in [0, 0.1) is 11.8 Å². The number of piperidine rings is 1. The van der Waals surface area contributed by atoms with E-state index in [-0.39, 0.29) is 6.04 Å². The molecule has 3 heteroatoms. The highest BCUT2D eigenvalue weighted by atomic mass is 16.2. The van der Waals surface area contributed by atoms with Gasteiger partial charge in [0.15, 0.2) is 0 Å². The summed E-state index contributed by atoms with van der Waals surface area (Å²) in [6.45, 7) is 12.9. The molecule has 2 unspecified atom stereocenters. The van der Waals surface area contributed by atoms with E-state index >= 15 is 0 Å². The van der Waals surface area contributed by atoms with Crippen LogP contribution in [0.15, 0.2) is 0 Å². The fourth-order valence-corrected chi connectivity index (χ4v) is 2.71. The Morgan fingerprint density at radius 1 is 1.10 bits per heavy atom. The second-order valence-electron chi connectivity index (χ2n) is 7.24. The number of hydrogen-bond acceptors (Lipinski definition) is 2. The Morgan fingerprint density at radius 3 is 2.10 bits per heavy atom. The van der Waals surface area contributed by atoms with E-state index in [1.807, 2.05) is 0 Å². The van der Waals surface area contributed by atoms with Gasteiger partial charge in [-0.25, -0.2) is 0 Å². The van der Waals surface area contributed by atoms with E-state index in [1.165, 1.54) is 12.8 Å². The van der Waals surface area contributed by atoms with E-state index in [1.54, 1.807) is 0 Å². The van der Waals surface area contributed by atoms with Gasteiger partial charge >= 0.3 is 0 Å². The van der Waals surface area contributed by atoms with Gasteiger partial charge in [-0.1, -0.05) is 27.7 Å². The lowest BCUT2D eigenvalue weighted by atomic mass is 9.98. The topological polar surface area (TPSA) is 32.3 Å². The van der Waals surface area contributed by atoms with Crippen molar-refractivity contribution in [3.05, 3.63) is 0 Å². The van der Waals surface area contributed by atoms with Crippen molar-refractivity contribution in [3.63, 3.8) is 0 Å². The summed E-state index contributed by atoms with van der Waals surface area (Å²) in [7, 11) is 0. The second kappa shape index (κ2) is 8.66. The largest absolute Gasteiger partial charge is 0.341 e. The summed E-state index contributed by atoms with van der Waals surface area (Å²) in [6.07, 6.45) is 5.58. The molecule has 1 saturated heterocycles. The molecule has 0 bridgehead atoms. The van der Waals surface area contributed by atoms with Crippen LogP contribution in [0.2, 0.25) is 0 Å². The Morgan fingerprint density at radius 2 is 1.65 bits per heavy atom. The number of carbonyl (C=O) groups is 1. The quantitative estimate of drug-likeness (QED) is 0.776. The monoisotopic (exact) mass is 282 g/mol. The molecule has 2 atom stereocenters. The standard InChI is InChI=1S/C17H34N2O/c1-13(2)9-11-19(12-10-14(3)4)17(20)16-8-6-7-15(5)18-16/h13-16,18H,6-12H2,1-5H3. The third-order valence-corrected chi connectivity index (χ3v) is 4.18. The first-order valence-corrected chi connectivity index (χ1v) is 8.45. The zero-order valence-electron chi connectivity index (χ0n) is 14.1. The number of amides is 1. The van der Waals surface area contributed by atoms with E-state index in [0.29, 0.717) is 23.8 Å². The second-order valence-corrected chi connectivity index (χ2v) is 7.24. The maximum atomic E-state index is 12.7. The highest BCUT2D eigenvalue weighted by molar-refractivity contribution is 5.82. The molecule has 1 amide bonds. The predicted molar refractivity (Wildman–Crippen MR) is 85.7 cm³/mol. The maximum absolute atomic E-state index is 12.7. The van der Waals surface area contributed by atoms with E-state index in [2.05, 4.69) is 44.8 Å². The van der Waals surface area contributed by atoms with Gasteiger partial charge in [0.2, 0.25) is 5.91 Å². The third kappa shape index (κ3) is 6.25. The number of hydrogen-bond donors (Lipinski definition) is 1. The average Bonchev–Trinajstić information content (AvgIpc) is 2.37. The van der Waals surface area contributed by atoms with Crippen LogP contribution >= 0.6 is 0 Å². The molecule has 0 saturated carbocycles. The SMILES string of the molecule is CC(C)CCN(CCC(C)C)C(=O)C1CCCC(C)N1. The van der Waals surface area contributed by atoms with Crippen LogP contribution in [0.25, 0.3) is 0 Å². The number of nitrogens with one attached hydrogen (secondary N) is 1. The molecule has 1 heterocycles. The third-order valence-electron chi connectivity index (χ3n) is 4.18. The molecule has 3 nitrogen and oxygen atoms in total. The molecule has 1 rings (SSSR count). The van der Waals surface area contributed by atoms with Gasteiger partial charge in [-0.3, -0.25) is 4.79 Å². The molecular weight excluding hydrogens is 248 g/mol. The minimum absolute atomic E-state index is 0.0538. The van der Waals surface area contributed by atoms with Gasteiger partial charge in [-0.05, 0) is 50.9 Å². The van der Waals surface area contributed by atoms with E-state index < -0.39 is 0 Å². The molecule has 0 aromatic heterocycles. The van der Waals surface area contributed by atoms with Crippen LogP contribution in [-0.4, -0.2) is 36.0 Å². The van der Waals surface area contributed by atoms with Gasteiger partial charge in [-0.15, -0.1) is 0 Å². The smallest absolute Gasteiger partial charge is 0.239 e. The summed E-state index contributed by atoms with van der Waals surface area (Å²) in [4.78, 5) is 14.8. The summed E-state index contributed by atoms with van der Waals surface area (Å²) in [6, 6.07) is 0.535. The van der Waals surface area contributed by atoms with Crippen LogP contribution in [-0.2, 0) is 4.79 Å². The van der Waals surface area contributed by atoms with Crippen LogP contribution in [0.4, 0.5) is 0 Å². The van der Waals surface area contributed by atoms with Crippen LogP contribution in [0.5, 0.6) is 0 Å². The molecular formula is C17H34N2O. The lowest BCUT2D eigenvalue weighted by Gasteiger charge is -2.33. The molecule has 0 aromatic carbocycles. The molecule has 0 spiro atoms. The van der Waals surface area contributed by atoms with Gasteiger partial charge < -0.3 is 10.2 Å². The van der Waals surface area contributed by atoms with Crippen LogP contribution in [0.1, 0.15) is 66.7 Å². The van der Waals surface area contributed by atoms with Gasteiger partial charge in [0.1, 0.15) is 0 Å². The highest BCUT2D eigenvalue weighted by Gasteiger charge is 2.27. The van der Waals surface area contributed by atoms with Crippen molar-refractivity contribution in [2.75, 3.05) is 13.1 Å². The summed E-state index contributed by atoms with van der Waals surface area (Å²) >= 11 is 0. The zero-order chi connectivity index (χ0) is 15.1. The maximum Gasteiger partial charge on any atom is 0.239 e. The van der Waals surface area contributed by atoms with Crippen molar-refractivity contribution in [1.82, 2.24) is 10.2 Å². The molecule has 118 valence electrons. The van der Waals surface area contributed by atoms with Gasteiger partial charge in [0.05, 0.1) is 6.04 Å². The minimum Gasteiger partial charge on any atom is -0.341 e. The van der Waals surface area contributed by atoms with Crippen LogP contribution in [0.3, 0.4) is 0 Å². The summed E-state index contributed by atoms with van der Waals surface area (Å²) in [5, 5.41) is 3.48. The van der Waals surface area contributed by atoms with Crippen molar-refractivity contribution >= 4 is 5.91 Å². The van der Waals surface area contributed by atoms with Crippen molar-refractivity contribution in [1.29, 1.82) is 0 Å². The van der Waals surface area contributed by atoms with Crippen LogP contribution < -0.4 is 5.32 Å². The predicted octanol–water partition coefficient (Wildman–Crippen LogP) is 3.44. The first kappa shape index (κ1) is 17.5. The Hall–Kier alpha value is -0.570. The summed E-state index contributed by atoms with van der Waals surface area (Å²) in [5.74, 6) is 1.64. The van der Waals surface area contributed by atoms with Gasteiger partial charge in [-0.2, -0.15) is 0 Å². The Bertz CT molecular complexity index is 277. The fraction of sp³-hybridized carbons (Fsp3) is 0.941. The lowest BCUT2D eigenvalue weighted by molar-refractivity contribution is -0.134. The lowest BCUT2D eigenvalue weighted by Crippen LogP contribution is -2.52. The van der Waals surface area contributed by atoms with E-state index in [4.69, 9.17) is 0 Å². The Kier molecular flexibility index (Phi) is 7.57. The number of carbonyl (C=O) groups excluding carboxylic acids is 1.